The highest BCUT2D eigenvalue weighted by atomic mass is 33.1. The van der Waals surface area contributed by atoms with E-state index in [4.69, 9.17) is 29.9 Å². The first-order valence-corrected chi connectivity index (χ1v) is 25.9. The van der Waals surface area contributed by atoms with Crippen LogP contribution in [-0.4, -0.2) is 35.7 Å². The van der Waals surface area contributed by atoms with Crippen molar-refractivity contribution >= 4 is 54.9 Å². The highest BCUT2D eigenvalue weighted by Gasteiger charge is 2.16. The maximum atomic E-state index is 5.05. The second kappa shape index (κ2) is 18.4. The minimum atomic E-state index is 0.674. The maximum absolute atomic E-state index is 5.05. The summed E-state index contributed by atoms with van der Waals surface area (Å²) in [5.41, 5.74) is 13.4. The van der Waals surface area contributed by atoms with Crippen molar-refractivity contribution in [2.75, 3.05) is 5.75 Å². The fourth-order valence-electron chi connectivity index (χ4n) is 6.92. The SMILES string of the molecule is c1cc2ccc1CCSCc1ccc(cc1)-c1nc3nc(n1)-c1ccc(cc1)CSSCc1ccc(cc1)-c1nc-2nc(n1)-c1ccc(cc1)CSSCc1ccc-3cc1. The lowest BCUT2D eigenvalue weighted by Gasteiger charge is -2.11. The zero-order valence-corrected chi connectivity index (χ0v) is 36.6. The summed E-state index contributed by atoms with van der Waals surface area (Å²) < 4.78 is 0. The molecule has 6 nitrogen and oxygen atoms in total. The summed E-state index contributed by atoms with van der Waals surface area (Å²) >= 11 is 1.94. The number of thioether (sulfide) groups is 1. The molecule has 0 atom stereocenters. The molecular weight excluding hydrogens is 833 g/mol. The molecule has 27 aliphatic rings. The van der Waals surface area contributed by atoms with Crippen molar-refractivity contribution in [3.8, 4) is 68.3 Å². The number of rotatable bonds is 0. The summed E-state index contributed by atoms with van der Waals surface area (Å²) in [6.07, 6.45) is 0.974. The van der Waals surface area contributed by atoms with Crippen LogP contribution in [0.2, 0.25) is 0 Å². The van der Waals surface area contributed by atoms with Crippen LogP contribution in [0.4, 0.5) is 0 Å². The van der Waals surface area contributed by atoms with Crippen LogP contribution in [0, 0.1) is 0 Å². The van der Waals surface area contributed by atoms with Gasteiger partial charge in [-0.05, 0) is 45.6 Å². The molecule has 2 aromatic heterocycles. The predicted octanol–water partition coefficient (Wildman–Crippen LogP) is 13.3. The number of hydrogen-bond acceptors (Lipinski definition) is 11. The summed E-state index contributed by atoms with van der Waals surface area (Å²) in [6, 6.07) is 52.0. The van der Waals surface area contributed by atoms with E-state index in [-0.39, 0.29) is 0 Å². The van der Waals surface area contributed by atoms with Gasteiger partial charge in [0.1, 0.15) is 0 Å². The molecule has 18 bridgehead atoms. The quantitative estimate of drug-likeness (QED) is 0.137. The Morgan fingerprint density at radius 1 is 0.250 bits per heavy atom. The lowest BCUT2D eigenvalue weighted by Crippen LogP contribution is -2.01. The number of aromatic nitrogens is 6. The average molecular weight is 871 g/mol. The van der Waals surface area contributed by atoms with Gasteiger partial charge in [-0.2, -0.15) is 11.8 Å². The van der Waals surface area contributed by atoms with Gasteiger partial charge in [-0.25, -0.2) is 29.9 Å². The molecule has 60 heavy (non-hydrogen) atoms. The average Bonchev–Trinajstić information content (AvgIpc) is 3.31. The van der Waals surface area contributed by atoms with E-state index in [1.165, 1.54) is 33.4 Å². The number of hydrogen-bond donors (Lipinski definition) is 0. The van der Waals surface area contributed by atoms with Crippen molar-refractivity contribution in [3.63, 3.8) is 0 Å². The van der Waals surface area contributed by atoms with Crippen LogP contribution < -0.4 is 0 Å². The fourth-order valence-corrected chi connectivity index (χ4v) is 12.1. The van der Waals surface area contributed by atoms with Gasteiger partial charge in [0.05, 0.1) is 0 Å². The van der Waals surface area contributed by atoms with E-state index in [0.29, 0.717) is 34.9 Å². The third kappa shape index (κ3) is 9.36. The van der Waals surface area contributed by atoms with Gasteiger partial charge in [0.2, 0.25) is 0 Å². The standard InChI is InChI=1S/C49H38N6S5/c1-13-38-14-2-32(1)25-26-56-27-33-3-15-39(16-4-33)45-52-48-42-21-9-36(10-22-42)30-59-57-28-34-5-17-40(18-6-34)46-50-44(38)51-47(54-46)41-19-7-35(8-20-41)29-58-60-31-37-11-23-43(24-12-37)49(53-45)55-48/h1-24H,25-31H2. The van der Waals surface area contributed by atoms with E-state index in [9.17, 15) is 0 Å². The van der Waals surface area contributed by atoms with Crippen LogP contribution in [0.15, 0.2) is 146 Å². The largest absolute Gasteiger partial charge is 0.208 e. The molecule has 0 saturated carbocycles. The molecule has 0 amide bonds. The molecule has 0 N–H and O–H groups in total. The van der Waals surface area contributed by atoms with E-state index in [1.54, 1.807) is 0 Å². The third-order valence-corrected chi connectivity index (χ3v) is 16.0. The van der Waals surface area contributed by atoms with Crippen LogP contribution in [0.5, 0.6) is 0 Å². The molecule has 0 radical (unpaired) electrons. The Hall–Kier alpha value is -4.91. The summed E-state index contributed by atoms with van der Waals surface area (Å²) in [7, 11) is 7.44. The zero-order chi connectivity index (χ0) is 40.1. The third-order valence-electron chi connectivity index (χ3n) is 10.4. The molecule has 0 fully saturated rings. The topological polar surface area (TPSA) is 77.3 Å². The summed E-state index contributed by atoms with van der Waals surface area (Å²) in [5.74, 6) is 9.56. The molecule has 294 valence electrons. The van der Waals surface area contributed by atoms with Crippen molar-refractivity contribution in [1.29, 1.82) is 0 Å². The molecule has 0 saturated heterocycles. The molecule has 0 spiro atoms. The Kier molecular flexibility index (Phi) is 12.0. The van der Waals surface area contributed by atoms with Gasteiger partial charge in [-0.1, -0.05) is 189 Å². The number of nitrogens with zero attached hydrogens (tertiary/aromatic N) is 6. The number of benzene rings is 6. The molecule has 0 unspecified atom stereocenters. The fraction of sp³-hybridized carbons (Fsp3) is 0.143. The lowest BCUT2D eigenvalue weighted by atomic mass is 10.1. The summed E-state index contributed by atoms with van der Waals surface area (Å²) in [4.78, 5) is 30.3. The minimum absolute atomic E-state index is 0.674. The smallest absolute Gasteiger partial charge is 0.164 e. The Labute approximate surface area is 370 Å². The first-order valence-electron chi connectivity index (χ1n) is 19.8. The van der Waals surface area contributed by atoms with Crippen molar-refractivity contribution in [1.82, 2.24) is 29.9 Å². The molecule has 8 aromatic rings. The molecule has 35 rings (SSSR count). The van der Waals surface area contributed by atoms with Crippen molar-refractivity contribution in [3.05, 3.63) is 179 Å². The van der Waals surface area contributed by atoms with Gasteiger partial charge in [-0.15, -0.1) is 0 Å². The van der Waals surface area contributed by atoms with E-state index >= 15 is 0 Å². The van der Waals surface area contributed by atoms with Crippen molar-refractivity contribution in [2.24, 2.45) is 0 Å². The van der Waals surface area contributed by atoms with Gasteiger partial charge in [-0.3, -0.25) is 0 Å². The molecular formula is C49H38N6S5. The van der Waals surface area contributed by atoms with E-state index in [0.717, 1.165) is 74.3 Å². The Morgan fingerprint density at radius 3 is 0.717 bits per heavy atom. The monoisotopic (exact) mass is 870 g/mol. The van der Waals surface area contributed by atoms with E-state index < -0.39 is 0 Å². The first-order chi connectivity index (χ1) is 29.6. The molecule has 27 aliphatic heterocycles. The van der Waals surface area contributed by atoms with Crippen molar-refractivity contribution < 1.29 is 0 Å². The predicted molar refractivity (Wildman–Crippen MR) is 257 cm³/mol. The van der Waals surface area contributed by atoms with E-state index in [2.05, 4.69) is 146 Å². The van der Waals surface area contributed by atoms with Crippen LogP contribution in [0.3, 0.4) is 0 Å². The van der Waals surface area contributed by atoms with Crippen LogP contribution in [-0.2, 0) is 35.2 Å². The lowest BCUT2D eigenvalue weighted by molar-refractivity contribution is 1.07. The van der Waals surface area contributed by atoms with Gasteiger partial charge >= 0.3 is 0 Å². The highest BCUT2D eigenvalue weighted by molar-refractivity contribution is 8.76. The number of aryl methyl sites for hydroxylation is 1. The van der Waals surface area contributed by atoms with E-state index in [1.807, 2.05) is 54.9 Å². The van der Waals surface area contributed by atoms with Gasteiger partial charge in [0, 0.05) is 62.1 Å². The molecule has 6 aromatic carbocycles. The summed E-state index contributed by atoms with van der Waals surface area (Å²) in [5, 5.41) is 0. The van der Waals surface area contributed by atoms with Crippen LogP contribution in [0.1, 0.15) is 33.4 Å². The maximum Gasteiger partial charge on any atom is 0.164 e. The summed E-state index contributed by atoms with van der Waals surface area (Å²) in [6.45, 7) is 0. The Bertz CT molecular complexity index is 2210. The Balaban J connectivity index is 1.06. The van der Waals surface area contributed by atoms with Crippen LogP contribution >= 0.6 is 54.9 Å². The molecule has 29 heterocycles. The highest BCUT2D eigenvalue weighted by Crippen LogP contribution is 2.34. The molecule has 11 heteroatoms. The second-order valence-electron chi connectivity index (χ2n) is 14.6. The first kappa shape index (κ1) is 39.2. The zero-order valence-electron chi connectivity index (χ0n) is 32.5. The minimum Gasteiger partial charge on any atom is -0.208 e. The van der Waals surface area contributed by atoms with Gasteiger partial charge < -0.3 is 0 Å². The van der Waals surface area contributed by atoms with Crippen molar-refractivity contribution in [2.45, 2.75) is 35.2 Å². The Morgan fingerprint density at radius 2 is 0.467 bits per heavy atom. The molecule has 0 aliphatic carbocycles. The van der Waals surface area contributed by atoms with Gasteiger partial charge in [0.25, 0.3) is 0 Å². The van der Waals surface area contributed by atoms with Gasteiger partial charge in [0.15, 0.2) is 34.9 Å². The second-order valence-corrected chi connectivity index (χ2v) is 20.7. The van der Waals surface area contributed by atoms with Crippen LogP contribution in [0.25, 0.3) is 68.3 Å². The normalized spacial score (nSPS) is 14.2.